The summed E-state index contributed by atoms with van der Waals surface area (Å²) in [5.41, 5.74) is 3.18. The number of carboxylic acids is 1. The number of anilines is 2. The fourth-order valence-corrected chi connectivity index (χ4v) is 2.98. The molecule has 9 nitrogen and oxygen atoms in total. The molecule has 0 fully saturated rings. The van der Waals surface area contributed by atoms with Crippen molar-refractivity contribution < 1.29 is 32.3 Å². The number of aliphatic carboxylic acids is 1. The van der Waals surface area contributed by atoms with Gasteiger partial charge in [-0.25, -0.2) is 14.8 Å². The van der Waals surface area contributed by atoms with Crippen molar-refractivity contribution in [1.82, 2.24) is 19.9 Å². The monoisotopic (exact) mass is 501 g/mol. The Hall–Kier alpha value is -4.61. The predicted octanol–water partition coefficient (Wildman–Crippen LogP) is 4.69. The van der Waals surface area contributed by atoms with Crippen LogP contribution in [0, 0.1) is 6.92 Å². The fourth-order valence-electron chi connectivity index (χ4n) is 2.98. The second-order valence-electron chi connectivity index (χ2n) is 7.51. The van der Waals surface area contributed by atoms with Crippen LogP contribution in [-0.4, -0.2) is 37.7 Å². The van der Waals surface area contributed by atoms with Crippen molar-refractivity contribution in [2.24, 2.45) is 7.05 Å². The van der Waals surface area contributed by atoms with Gasteiger partial charge in [0.15, 0.2) is 0 Å². The third-order valence-corrected chi connectivity index (χ3v) is 4.71. The van der Waals surface area contributed by atoms with Gasteiger partial charge in [0.05, 0.1) is 6.54 Å². The van der Waals surface area contributed by atoms with Crippen molar-refractivity contribution in [3.8, 4) is 11.1 Å². The number of hydrogen-bond donors (Lipinski definition) is 3. The number of aryl methyl sites for hydroxylation is 2. The lowest BCUT2D eigenvalue weighted by atomic mass is 10.2. The van der Waals surface area contributed by atoms with Crippen LogP contribution in [0.15, 0.2) is 71.5 Å². The molecule has 3 aromatic heterocycles. The van der Waals surface area contributed by atoms with E-state index in [-0.39, 0.29) is 5.91 Å². The Morgan fingerprint density at radius 2 is 1.69 bits per heavy atom. The van der Waals surface area contributed by atoms with Crippen LogP contribution in [-0.2, 0) is 18.4 Å². The highest BCUT2D eigenvalue weighted by Gasteiger charge is 2.38. The van der Waals surface area contributed by atoms with Gasteiger partial charge in [-0.3, -0.25) is 4.79 Å². The molecule has 1 aromatic carbocycles. The third-order valence-electron chi connectivity index (χ3n) is 4.71. The van der Waals surface area contributed by atoms with E-state index in [4.69, 9.17) is 14.3 Å². The molecule has 0 saturated heterocycles. The van der Waals surface area contributed by atoms with Crippen molar-refractivity contribution >= 4 is 23.5 Å². The standard InChI is InChI=1S/C22H21N5O2.C2HF3O2/c1-15-8-9-19(29-15)13-23-21(28)20-10-16(14-27(20)2)17-11-24-22(25-12-17)26-18-6-4-3-5-7-18;3-2(4,5)1(6)7/h3-12,14H,13H2,1-2H3,(H,23,28)(H,24,25,26);(H,6,7). The van der Waals surface area contributed by atoms with Crippen LogP contribution < -0.4 is 10.6 Å². The van der Waals surface area contributed by atoms with E-state index in [9.17, 15) is 18.0 Å². The summed E-state index contributed by atoms with van der Waals surface area (Å²) in [5, 5.41) is 13.2. The molecule has 12 heteroatoms. The number of furan rings is 1. The normalized spacial score (nSPS) is 10.8. The van der Waals surface area contributed by atoms with Gasteiger partial charge < -0.3 is 24.7 Å². The number of nitrogens with zero attached hydrogens (tertiary/aromatic N) is 3. The summed E-state index contributed by atoms with van der Waals surface area (Å²) in [6.45, 7) is 2.22. The molecule has 1 amide bonds. The molecule has 0 aliphatic heterocycles. The summed E-state index contributed by atoms with van der Waals surface area (Å²) in [5.74, 6) is -0.869. The van der Waals surface area contributed by atoms with Crippen LogP contribution in [0.5, 0.6) is 0 Å². The van der Waals surface area contributed by atoms with E-state index in [1.807, 2.05) is 68.7 Å². The molecule has 4 rings (SSSR count). The van der Waals surface area contributed by atoms with Gasteiger partial charge in [-0.05, 0) is 37.3 Å². The molecular formula is C24H22F3N5O4. The van der Waals surface area contributed by atoms with Gasteiger partial charge in [0.2, 0.25) is 5.95 Å². The minimum atomic E-state index is -5.08. The lowest BCUT2D eigenvalue weighted by Gasteiger charge is -2.04. The number of aromatic nitrogens is 3. The Morgan fingerprint density at radius 1 is 1.06 bits per heavy atom. The van der Waals surface area contributed by atoms with Crippen LogP contribution in [0.4, 0.5) is 24.8 Å². The lowest BCUT2D eigenvalue weighted by molar-refractivity contribution is -0.192. The van der Waals surface area contributed by atoms with Crippen LogP contribution in [0.3, 0.4) is 0 Å². The SMILES string of the molecule is Cc1ccc(CNC(=O)c2cc(-c3cnc(Nc4ccccc4)nc3)cn2C)o1.O=C(O)C(F)(F)F. The maximum absolute atomic E-state index is 12.5. The summed E-state index contributed by atoms with van der Waals surface area (Å²) < 4.78 is 39.0. The minimum Gasteiger partial charge on any atom is -0.475 e. The van der Waals surface area contributed by atoms with E-state index in [2.05, 4.69) is 20.6 Å². The number of carbonyl (C=O) groups excluding carboxylic acids is 1. The van der Waals surface area contributed by atoms with Crippen LogP contribution in [0.25, 0.3) is 11.1 Å². The van der Waals surface area contributed by atoms with Crippen molar-refractivity contribution in [2.75, 3.05) is 5.32 Å². The highest BCUT2D eigenvalue weighted by molar-refractivity contribution is 5.94. The highest BCUT2D eigenvalue weighted by Crippen LogP contribution is 2.22. The maximum atomic E-state index is 12.5. The zero-order valence-electron chi connectivity index (χ0n) is 19.2. The summed E-state index contributed by atoms with van der Waals surface area (Å²) in [6.07, 6.45) is 0.275. The average molecular weight is 501 g/mol. The lowest BCUT2D eigenvalue weighted by Crippen LogP contribution is -2.24. The molecule has 0 atom stereocenters. The minimum absolute atomic E-state index is 0.170. The van der Waals surface area contributed by atoms with Gasteiger partial charge in [0.1, 0.15) is 17.2 Å². The Morgan fingerprint density at radius 3 is 2.25 bits per heavy atom. The van der Waals surface area contributed by atoms with Crippen molar-refractivity contribution in [2.45, 2.75) is 19.6 Å². The number of para-hydroxylation sites is 1. The molecule has 0 aliphatic carbocycles. The molecule has 4 aromatic rings. The Kier molecular flexibility index (Phi) is 8.10. The van der Waals surface area contributed by atoms with Crippen molar-refractivity contribution in [3.05, 3.63) is 84.3 Å². The fraction of sp³-hybridized carbons (Fsp3) is 0.167. The van der Waals surface area contributed by atoms with Crippen LogP contribution in [0.2, 0.25) is 0 Å². The number of carboxylic acid groups (broad SMARTS) is 1. The van der Waals surface area contributed by atoms with Gasteiger partial charge >= 0.3 is 12.1 Å². The zero-order chi connectivity index (χ0) is 26.3. The number of amides is 1. The van der Waals surface area contributed by atoms with Gasteiger partial charge in [0.25, 0.3) is 5.91 Å². The van der Waals surface area contributed by atoms with Crippen molar-refractivity contribution in [1.29, 1.82) is 0 Å². The number of alkyl halides is 3. The Bertz CT molecular complexity index is 1320. The first-order valence-electron chi connectivity index (χ1n) is 10.5. The first-order valence-corrected chi connectivity index (χ1v) is 10.5. The van der Waals surface area contributed by atoms with Gasteiger partial charge in [-0.1, -0.05) is 18.2 Å². The molecule has 3 N–H and O–H groups in total. The molecule has 3 heterocycles. The first kappa shape index (κ1) is 26.0. The molecule has 0 saturated carbocycles. The number of nitrogens with one attached hydrogen (secondary N) is 2. The largest absolute Gasteiger partial charge is 0.490 e. The third kappa shape index (κ3) is 7.19. The van der Waals surface area contributed by atoms with E-state index < -0.39 is 12.1 Å². The molecule has 36 heavy (non-hydrogen) atoms. The number of benzene rings is 1. The molecule has 0 radical (unpaired) electrons. The van der Waals surface area contributed by atoms with Crippen LogP contribution in [0.1, 0.15) is 22.0 Å². The molecule has 0 aliphatic rings. The molecular weight excluding hydrogens is 479 g/mol. The maximum Gasteiger partial charge on any atom is 0.490 e. The van der Waals surface area contributed by atoms with E-state index in [1.54, 1.807) is 17.0 Å². The number of halogens is 3. The summed E-state index contributed by atoms with van der Waals surface area (Å²) in [4.78, 5) is 30.2. The van der Waals surface area contributed by atoms with E-state index in [0.29, 0.717) is 18.2 Å². The van der Waals surface area contributed by atoms with Gasteiger partial charge in [0, 0.05) is 42.5 Å². The molecule has 0 bridgehead atoms. The molecule has 0 unspecified atom stereocenters. The van der Waals surface area contributed by atoms with Crippen LogP contribution >= 0.6 is 0 Å². The second kappa shape index (κ2) is 11.2. The molecule has 0 spiro atoms. The number of hydrogen-bond acceptors (Lipinski definition) is 6. The summed E-state index contributed by atoms with van der Waals surface area (Å²) >= 11 is 0. The number of rotatable bonds is 6. The van der Waals surface area contributed by atoms with Crippen molar-refractivity contribution in [3.63, 3.8) is 0 Å². The van der Waals surface area contributed by atoms with E-state index in [0.717, 1.165) is 28.3 Å². The van der Waals surface area contributed by atoms with Gasteiger partial charge in [-0.2, -0.15) is 13.2 Å². The predicted molar refractivity (Wildman–Crippen MR) is 124 cm³/mol. The summed E-state index contributed by atoms with van der Waals surface area (Å²) in [6, 6.07) is 15.3. The second-order valence-corrected chi connectivity index (χ2v) is 7.51. The molecule has 188 valence electrons. The van der Waals surface area contributed by atoms with E-state index >= 15 is 0 Å². The van der Waals surface area contributed by atoms with E-state index in [1.165, 1.54) is 0 Å². The Balaban J connectivity index is 0.000000454. The summed E-state index contributed by atoms with van der Waals surface area (Å²) in [7, 11) is 1.83. The zero-order valence-corrected chi connectivity index (χ0v) is 19.2. The van der Waals surface area contributed by atoms with Gasteiger partial charge in [-0.15, -0.1) is 0 Å². The first-order chi connectivity index (χ1) is 17.0. The average Bonchev–Trinajstić information content (AvgIpc) is 3.43. The highest BCUT2D eigenvalue weighted by atomic mass is 19.4. The topological polar surface area (TPSA) is 122 Å². The Labute approximate surface area is 203 Å². The number of carbonyl (C=O) groups is 2. The smallest absolute Gasteiger partial charge is 0.475 e. The quantitative estimate of drug-likeness (QED) is 0.350.